The molecule has 0 aromatic rings. The van der Waals surface area contributed by atoms with Crippen molar-refractivity contribution in [1.82, 2.24) is 0 Å². The lowest BCUT2D eigenvalue weighted by atomic mass is 10.0. The van der Waals surface area contributed by atoms with E-state index in [0.29, 0.717) is 6.10 Å². The standard InChI is InChI=1S/C10H13NO2/c1-7-8(6-12)4-10(5-11-7)13-9-2-3-9/h4-9H,2-3H2,1H3. The monoisotopic (exact) mass is 179 g/mol. The number of allylic oxidation sites excluding steroid dienone is 1. The van der Waals surface area contributed by atoms with Crippen molar-refractivity contribution < 1.29 is 9.53 Å². The number of hydrogen-bond acceptors (Lipinski definition) is 3. The van der Waals surface area contributed by atoms with E-state index in [1.54, 1.807) is 6.21 Å². The first-order valence-corrected chi connectivity index (χ1v) is 4.66. The summed E-state index contributed by atoms with van der Waals surface area (Å²) in [5, 5.41) is 0. The van der Waals surface area contributed by atoms with E-state index in [9.17, 15) is 4.79 Å². The summed E-state index contributed by atoms with van der Waals surface area (Å²) in [4.78, 5) is 14.8. The summed E-state index contributed by atoms with van der Waals surface area (Å²) in [6.07, 6.45) is 7.15. The van der Waals surface area contributed by atoms with Crippen LogP contribution in [0, 0.1) is 5.92 Å². The average molecular weight is 179 g/mol. The molecular weight excluding hydrogens is 166 g/mol. The first-order chi connectivity index (χ1) is 6.29. The minimum absolute atomic E-state index is 0.0593. The summed E-state index contributed by atoms with van der Waals surface area (Å²) in [7, 11) is 0. The van der Waals surface area contributed by atoms with Gasteiger partial charge in [-0.1, -0.05) is 0 Å². The van der Waals surface area contributed by atoms with Crippen LogP contribution in [-0.2, 0) is 9.53 Å². The Morgan fingerprint density at radius 3 is 3.00 bits per heavy atom. The predicted octanol–water partition coefficient (Wildman–Crippen LogP) is 1.34. The molecule has 2 atom stereocenters. The van der Waals surface area contributed by atoms with E-state index in [1.807, 2.05) is 13.0 Å². The van der Waals surface area contributed by atoms with E-state index >= 15 is 0 Å². The number of carbonyl (C=O) groups is 1. The Hall–Kier alpha value is -1.12. The molecule has 1 heterocycles. The van der Waals surface area contributed by atoms with Gasteiger partial charge < -0.3 is 9.53 Å². The molecule has 0 radical (unpaired) electrons. The minimum Gasteiger partial charge on any atom is -0.489 e. The Kier molecular flexibility index (Phi) is 2.17. The molecule has 1 saturated carbocycles. The molecule has 70 valence electrons. The van der Waals surface area contributed by atoms with Crippen molar-refractivity contribution in [3.05, 3.63) is 11.8 Å². The third kappa shape index (κ3) is 1.97. The van der Waals surface area contributed by atoms with Crippen LogP contribution in [0.15, 0.2) is 16.8 Å². The van der Waals surface area contributed by atoms with Gasteiger partial charge in [-0.3, -0.25) is 4.99 Å². The smallest absolute Gasteiger partial charge is 0.134 e. The van der Waals surface area contributed by atoms with Gasteiger partial charge in [0.15, 0.2) is 0 Å². The quantitative estimate of drug-likeness (QED) is 0.613. The lowest BCUT2D eigenvalue weighted by Gasteiger charge is -2.17. The molecule has 2 rings (SSSR count). The summed E-state index contributed by atoms with van der Waals surface area (Å²) in [5.74, 6) is 0.649. The third-order valence-corrected chi connectivity index (χ3v) is 2.33. The van der Waals surface area contributed by atoms with Gasteiger partial charge in [0, 0.05) is 0 Å². The van der Waals surface area contributed by atoms with Gasteiger partial charge in [-0.05, 0) is 25.8 Å². The minimum atomic E-state index is -0.112. The lowest BCUT2D eigenvalue weighted by molar-refractivity contribution is -0.110. The second kappa shape index (κ2) is 3.32. The van der Waals surface area contributed by atoms with E-state index in [4.69, 9.17) is 4.74 Å². The Morgan fingerprint density at radius 1 is 1.62 bits per heavy atom. The van der Waals surface area contributed by atoms with Crippen LogP contribution >= 0.6 is 0 Å². The number of hydrogen-bond donors (Lipinski definition) is 0. The summed E-state index contributed by atoms with van der Waals surface area (Å²) < 4.78 is 5.54. The number of carbonyl (C=O) groups excluding carboxylic acids is 1. The highest BCUT2D eigenvalue weighted by molar-refractivity contribution is 5.79. The van der Waals surface area contributed by atoms with Crippen LogP contribution in [0.25, 0.3) is 0 Å². The van der Waals surface area contributed by atoms with Crippen LogP contribution in [0.1, 0.15) is 19.8 Å². The van der Waals surface area contributed by atoms with Crippen LogP contribution in [0.4, 0.5) is 0 Å². The Balaban J connectivity index is 2.01. The van der Waals surface area contributed by atoms with Gasteiger partial charge in [0.05, 0.1) is 24.3 Å². The summed E-state index contributed by atoms with van der Waals surface area (Å²) in [6.45, 7) is 1.93. The Morgan fingerprint density at radius 2 is 2.38 bits per heavy atom. The van der Waals surface area contributed by atoms with Crippen molar-refractivity contribution in [1.29, 1.82) is 0 Å². The molecule has 1 aliphatic carbocycles. The molecule has 0 aromatic heterocycles. The van der Waals surface area contributed by atoms with Gasteiger partial charge in [0.1, 0.15) is 12.0 Å². The number of nitrogens with zero attached hydrogens (tertiary/aromatic N) is 1. The summed E-state index contributed by atoms with van der Waals surface area (Å²) in [5.41, 5.74) is 0. The number of rotatable bonds is 3. The van der Waals surface area contributed by atoms with Crippen molar-refractivity contribution in [2.24, 2.45) is 10.9 Å². The molecule has 2 aliphatic rings. The first kappa shape index (κ1) is 8.48. The zero-order chi connectivity index (χ0) is 9.26. The highest BCUT2D eigenvalue weighted by atomic mass is 16.5. The first-order valence-electron chi connectivity index (χ1n) is 4.66. The molecule has 3 heteroatoms. The highest BCUT2D eigenvalue weighted by Crippen LogP contribution is 2.27. The van der Waals surface area contributed by atoms with Crippen molar-refractivity contribution in [3.63, 3.8) is 0 Å². The van der Waals surface area contributed by atoms with Gasteiger partial charge in [-0.2, -0.15) is 0 Å². The fourth-order valence-electron chi connectivity index (χ4n) is 1.26. The van der Waals surface area contributed by atoms with E-state index in [-0.39, 0.29) is 12.0 Å². The molecular formula is C10H13NO2. The maximum Gasteiger partial charge on any atom is 0.134 e. The normalized spacial score (nSPS) is 32.5. The molecule has 0 bridgehead atoms. The predicted molar refractivity (Wildman–Crippen MR) is 49.7 cm³/mol. The number of ether oxygens (including phenoxy) is 1. The van der Waals surface area contributed by atoms with Crippen molar-refractivity contribution in [2.45, 2.75) is 31.9 Å². The molecule has 0 amide bonds. The van der Waals surface area contributed by atoms with Gasteiger partial charge in [-0.15, -0.1) is 0 Å². The second-order valence-electron chi connectivity index (χ2n) is 3.62. The fourth-order valence-corrected chi connectivity index (χ4v) is 1.26. The van der Waals surface area contributed by atoms with Gasteiger partial charge in [0.25, 0.3) is 0 Å². The maximum absolute atomic E-state index is 10.6. The molecule has 0 N–H and O–H groups in total. The second-order valence-corrected chi connectivity index (χ2v) is 3.62. The lowest BCUT2D eigenvalue weighted by Crippen LogP contribution is -2.20. The zero-order valence-corrected chi connectivity index (χ0v) is 7.64. The Bertz CT molecular complexity index is 266. The van der Waals surface area contributed by atoms with Crippen LogP contribution in [0.3, 0.4) is 0 Å². The van der Waals surface area contributed by atoms with E-state index in [0.717, 1.165) is 24.9 Å². The van der Waals surface area contributed by atoms with Gasteiger partial charge in [-0.25, -0.2) is 0 Å². The number of aldehydes is 1. The third-order valence-electron chi connectivity index (χ3n) is 2.33. The van der Waals surface area contributed by atoms with Crippen LogP contribution in [0.2, 0.25) is 0 Å². The largest absolute Gasteiger partial charge is 0.489 e. The van der Waals surface area contributed by atoms with E-state index in [2.05, 4.69) is 4.99 Å². The average Bonchev–Trinajstić information content (AvgIpc) is 2.92. The molecule has 3 nitrogen and oxygen atoms in total. The Labute approximate surface area is 77.5 Å². The molecule has 1 fully saturated rings. The number of aliphatic imine (C=N–C) groups is 1. The van der Waals surface area contributed by atoms with Gasteiger partial charge >= 0.3 is 0 Å². The van der Waals surface area contributed by atoms with Crippen LogP contribution < -0.4 is 0 Å². The summed E-state index contributed by atoms with van der Waals surface area (Å²) in [6, 6.07) is 0.0593. The molecule has 13 heavy (non-hydrogen) atoms. The maximum atomic E-state index is 10.6. The zero-order valence-electron chi connectivity index (χ0n) is 7.64. The number of dihydropyridines is 1. The van der Waals surface area contributed by atoms with Crippen molar-refractivity contribution in [2.75, 3.05) is 0 Å². The molecule has 0 saturated heterocycles. The molecule has 0 spiro atoms. The molecule has 1 aliphatic heterocycles. The van der Waals surface area contributed by atoms with Crippen LogP contribution in [-0.4, -0.2) is 24.6 Å². The topological polar surface area (TPSA) is 38.7 Å². The van der Waals surface area contributed by atoms with Crippen molar-refractivity contribution >= 4 is 12.5 Å². The van der Waals surface area contributed by atoms with Crippen LogP contribution in [0.5, 0.6) is 0 Å². The molecule has 2 unspecified atom stereocenters. The van der Waals surface area contributed by atoms with Gasteiger partial charge in [0.2, 0.25) is 0 Å². The van der Waals surface area contributed by atoms with Crippen molar-refractivity contribution in [3.8, 4) is 0 Å². The fraction of sp³-hybridized carbons (Fsp3) is 0.600. The molecule has 0 aromatic carbocycles. The van der Waals surface area contributed by atoms with E-state index < -0.39 is 0 Å². The van der Waals surface area contributed by atoms with E-state index in [1.165, 1.54) is 0 Å². The SMILES string of the molecule is CC1N=CC(OC2CC2)=CC1C=O. The highest BCUT2D eigenvalue weighted by Gasteiger charge is 2.26. The summed E-state index contributed by atoms with van der Waals surface area (Å²) >= 11 is 0.